The molecule has 0 rings (SSSR count). The molecule has 0 aromatic carbocycles. The lowest BCUT2D eigenvalue weighted by Crippen LogP contribution is -2.03. The molecule has 0 saturated heterocycles. The second-order valence-electron chi connectivity index (χ2n) is 4.19. The maximum atomic E-state index is 10.5. The van der Waals surface area contributed by atoms with E-state index in [9.17, 15) is 4.21 Å². The minimum absolute atomic E-state index is 0.507. The Balaban J connectivity index is 3.62. The van der Waals surface area contributed by atoms with Gasteiger partial charge in [0.2, 0.25) is 0 Å². The fraction of sp³-hybridized carbons (Fsp3) is 0.769. The molecule has 2 heteroatoms. The van der Waals surface area contributed by atoms with Crippen molar-refractivity contribution in [3.8, 4) is 0 Å². The highest BCUT2D eigenvalue weighted by Crippen LogP contribution is 2.16. The van der Waals surface area contributed by atoms with Crippen LogP contribution in [0, 0.1) is 5.92 Å². The summed E-state index contributed by atoms with van der Waals surface area (Å²) in [5, 5.41) is 0. The van der Waals surface area contributed by atoms with Crippen LogP contribution in [0.15, 0.2) is 12.7 Å². The van der Waals surface area contributed by atoms with E-state index in [4.69, 9.17) is 0 Å². The minimum atomic E-state index is 0.507. The maximum Gasteiger partial charge on any atom is 0.0873 e. The Bertz CT molecular complexity index is 217. The summed E-state index contributed by atoms with van der Waals surface area (Å²) in [6, 6.07) is 0. The van der Waals surface area contributed by atoms with Crippen LogP contribution in [-0.2, 0) is 11.3 Å². The van der Waals surface area contributed by atoms with Crippen molar-refractivity contribution >= 4 is 16.1 Å². The molecule has 0 N–H and O–H groups in total. The predicted molar refractivity (Wildman–Crippen MR) is 70.5 cm³/mol. The lowest BCUT2D eigenvalue weighted by Gasteiger charge is -2.10. The summed E-state index contributed by atoms with van der Waals surface area (Å²) in [4.78, 5) is 0.980. The van der Waals surface area contributed by atoms with Gasteiger partial charge in [0.05, 0.1) is 11.3 Å². The summed E-state index contributed by atoms with van der Waals surface area (Å²) in [5.74, 6) is 0.507. The van der Waals surface area contributed by atoms with Gasteiger partial charge in [-0.3, -0.25) is 0 Å². The molecule has 0 aliphatic carbocycles. The molecular weight excluding hydrogens is 204 g/mol. The van der Waals surface area contributed by atoms with Crippen LogP contribution in [0.5, 0.6) is 0 Å². The summed E-state index contributed by atoms with van der Waals surface area (Å²) >= 11 is 0.635. The quantitative estimate of drug-likeness (QED) is 0.332. The largest absolute Gasteiger partial charge is 0.212 e. The molecule has 0 saturated carbocycles. The molecule has 0 aromatic rings. The zero-order valence-electron chi connectivity index (χ0n) is 10.1. The van der Waals surface area contributed by atoms with Crippen molar-refractivity contribution in [1.29, 1.82) is 0 Å². The summed E-state index contributed by atoms with van der Waals surface area (Å²) < 4.78 is 10.5. The van der Waals surface area contributed by atoms with E-state index in [1.807, 2.05) is 13.0 Å². The average molecular weight is 228 g/mol. The normalized spacial score (nSPS) is 12.1. The second-order valence-corrected chi connectivity index (χ2v) is 5.05. The Labute approximate surface area is 98.0 Å². The van der Waals surface area contributed by atoms with Crippen molar-refractivity contribution in [2.24, 2.45) is 5.92 Å². The summed E-state index contributed by atoms with van der Waals surface area (Å²) in [6.45, 7) is 7.99. The van der Waals surface area contributed by atoms with Crippen molar-refractivity contribution in [3.63, 3.8) is 0 Å². The fourth-order valence-electron chi connectivity index (χ4n) is 1.72. The van der Waals surface area contributed by atoms with E-state index in [-0.39, 0.29) is 0 Å². The first-order valence-corrected chi connectivity index (χ1v) is 6.73. The molecule has 0 aliphatic heterocycles. The molecule has 15 heavy (non-hydrogen) atoms. The van der Waals surface area contributed by atoms with Gasteiger partial charge in [-0.05, 0) is 25.7 Å². The minimum Gasteiger partial charge on any atom is -0.212 e. The van der Waals surface area contributed by atoms with Gasteiger partial charge in [-0.2, -0.15) is 0 Å². The fourth-order valence-corrected chi connectivity index (χ4v) is 2.00. The highest BCUT2D eigenvalue weighted by atomic mass is 32.1. The van der Waals surface area contributed by atoms with Gasteiger partial charge in [-0.15, -0.1) is 6.58 Å². The monoisotopic (exact) mass is 228 g/mol. The zero-order valence-corrected chi connectivity index (χ0v) is 10.9. The first-order chi connectivity index (χ1) is 7.24. The highest BCUT2D eigenvalue weighted by molar-refractivity contribution is 7.66. The smallest absolute Gasteiger partial charge is 0.0873 e. The molecule has 0 spiro atoms. The lowest BCUT2D eigenvalue weighted by atomic mass is 9.96. The first-order valence-electron chi connectivity index (χ1n) is 5.99. The molecule has 0 radical (unpaired) electrons. The number of hydrogen-bond acceptors (Lipinski definition) is 1. The van der Waals surface area contributed by atoms with E-state index in [0.717, 1.165) is 11.3 Å². The van der Waals surface area contributed by atoms with E-state index in [2.05, 4.69) is 13.5 Å². The molecule has 0 fully saturated rings. The first kappa shape index (κ1) is 14.6. The Morgan fingerprint density at radius 3 is 2.53 bits per heavy atom. The number of allylic oxidation sites excluding steroid dienone is 1. The van der Waals surface area contributed by atoms with Crippen LogP contribution in [0.3, 0.4) is 0 Å². The molecule has 1 atom stereocenters. The highest BCUT2D eigenvalue weighted by Gasteiger charge is 2.05. The lowest BCUT2D eigenvalue weighted by molar-refractivity contribution is 0.536. The third-order valence-electron chi connectivity index (χ3n) is 2.70. The topological polar surface area (TPSA) is 17.1 Å². The van der Waals surface area contributed by atoms with Crippen molar-refractivity contribution in [3.05, 3.63) is 12.7 Å². The van der Waals surface area contributed by atoms with Crippen molar-refractivity contribution in [2.45, 2.75) is 58.8 Å². The number of hydrogen-bond donors (Lipinski definition) is 0. The van der Waals surface area contributed by atoms with Gasteiger partial charge < -0.3 is 0 Å². The Kier molecular flexibility index (Phi) is 9.91. The third-order valence-corrected chi connectivity index (χ3v) is 3.15. The summed E-state index contributed by atoms with van der Waals surface area (Å²) in [6.07, 6.45) is 10.7. The maximum absolute atomic E-state index is 10.5. The van der Waals surface area contributed by atoms with Crippen molar-refractivity contribution in [1.82, 2.24) is 0 Å². The molecule has 1 nitrogen and oxygen atoms in total. The van der Waals surface area contributed by atoms with Gasteiger partial charge >= 0.3 is 0 Å². The third kappa shape index (κ3) is 8.61. The molecular formula is C13H24OS. The van der Waals surface area contributed by atoms with Gasteiger partial charge in [0, 0.05) is 4.86 Å². The van der Waals surface area contributed by atoms with Gasteiger partial charge in [-0.25, -0.2) is 4.21 Å². The van der Waals surface area contributed by atoms with Gasteiger partial charge in [0.15, 0.2) is 0 Å². The van der Waals surface area contributed by atoms with Crippen LogP contribution in [0.4, 0.5) is 0 Å². The predicted octanol–water partition coefficient (Wildman–Crippen LogP) is 3.94. The van der Waals surface area contributed by atoms with Crippen LogP contribution in [-0.4, -0.2) is 9.07 Å². The summed E-state index contributed by atoms with van der Waals surface area (Å²) in [5.41, 5.74) is 0. The molecule has 0 bridgehead atoms. The van der Waals surface area contributed by atoms with E-state index < -0.39 is 0 Å². The number of unbranched alkanes of at least 4 members (excludes halogenated alkanes) is 4. The Morgan fingerprint density at radius 2 is 2.00 bits per heavy atom. The second kappa shape index (κ2) is 10.2. The molecule has 88 valence electrons. The van der Waals surface area contributed by atoms with Crippen LogP contribution in [0.1, 0.15) is 58.8 Å². The van der Waals surface area contributed by atoms with Gasteiger partial charge in [0.25, 0.3) is 0 Å². The van der Waals surface area contributed by atoms with Crippen molar-refractivity contribution in [2.75, 3.05) is 0 Å². The average Bonchev–Trinajstić information content (AvgIpc) is 2.26. The van der Waals surface area contributed by atoms with E-state index in [1.165, 1.54) is 38.5 Å². The zero-order chi connectivity index (χ0) is 11.5. The number of rotatable bonds is 9. The van der Waals surface area contributed by atoms with E-state index in [1.54, 1.807) is 0 Å². The molecule has 0 aromatic heterocycles. The SMILES string of the molecule is C=CC(CCCCCCC)CC(C)=S=O. The Hall–Kier alpha value is -0.370. The van der Waals surface area contributed by atoms with Crippen LogP contribution >= 0.6 is 0 Å². The van der Waals surface area contributed by atoms with Crippen LogP contribution in [0.25, 0.3) is 0 Å². The van der Waals surface area contributed by atoms with Gasteiger partial charge in [0.1, 0.15) is 0 Å². The molecule has 0 heterocycles. The van der Waals surface area contributed by atoms with Crippen molar-refractivity contribution < 1.29 is 4.21 Å². The standard InChI is InChI=1S/C13H24OS/c1-4-6-7-8-9-10-13(5-2)11-12(3)15-14/h5,13H,2,4,6-11H2,1,3H3. The van der Waals surface area contributed by atoms with Crippen LogP contribution in [0.2, 0.25) is 0 Å². The molecule has 0 aliphatic rings. The van der Waals surface area contributed by atoms with E-state index in [0.29, 0.717) is 17.2 Å². The summed E-state index contributed by atoms with van der Waals surface area (Å²) in [7, 11) is 0. The van der Waals surface area contributed by atoms with E-state index >= 15 is 0 Å². The Morgan fingerprint density at radius 1 is 1.33 bits per heavy atom. The van der Waals surface area contributed by atoms with Crippen LogP contribution < -0.4 is 0 Å². The molecule has 1 unspecified atom stereocenters. The van der Waals surface area contributed by atoms with Gasteiger partial charge in [-0.1, -0.05) is 45.1 Å². The molecule has 0 amide bonds.